The topological polar surface area (TPSA) is 72.5 Å². The number of Topliss-reactive ketones (excluding diaryl/α,β-unsaturated/α-hetero) is 1. The number of anilines is 1. The first kappa shape index (κ1) is 20.0. The van der Waals surface area contributed by atoms with E-state index in [-0.39, 0.29) is 18.6 Å². The van der Waals surface area contributed by atoms with Crippen molar-refractivity contribution in [3.05, 3.63) is 63.8 Å². The SMILES string of the molecule is C[C@@H](OC(=O)CCC(=O)c1ccc(Cl)s1)C(=O)Nc1ccc2ccccc2c1. The van der Waals surface area contributed by atoms with Gasteiger partial charge in [0.25, 0.3) is 5.91 Å². The highest BCUT2D eigenvalue weighted by Crippen LogP contribution is 2.23. The van der Waals surface area contributed by atoms with Gasteiger partial charge >= 0.3 is 5.97 Å². The second-order valence-electron chi connectivity index (χ2n) is 6.21. The number of ketones is 1. The van der Waals surface area contributed by atoms with Crippen molar-refractivity contribution in [2.75, 3.05) is 5.32 Å². The van der Waals surface area contributed by atoms with Gasteiger partial charge in [0.05, 0.1) is 15.6 Å². The maximum atomic E-state index is 12.3. The van der Waals surface area contributed by atoms with Gasteiger partial charge in [-0.1, -0.05) is 41.9 Å². The van der Waals surface area contributed by atoms with Gasteiger partial charge in [0.1, 0.15) is 0 Å². The van der Waals surface area contributed by atoms with Crippen molar-refractivity contribution in [1.29, 1.82) is 0 Å². The zero-order valence-corrected chi connectivity index (χ0v) is 16.7. The van der Waals surface area contributed by atoms with E-state index < -0.39 is 18.0 Å². The van der Waals surface area contributed by atoms with E-state index in [0.29, 0.717) is 14.9 Å². The smallest absolute Gasteiger partial charge is 0.307 e. The molecule has 0 fully saturated rings. The van der Waals surface area contributed by atoms with Crippen LogP contribution < -0.4 is 5.32 Å². The molecular formula is C21H18ClNO4S. The second-order valence-corrected chi connectivity index (χ2v) is 7.93. The number of thiophene rings is 1. The van der Waals surface area contributed by atoms with E-state index in [9.17, 15) is 14.4 Å². The molecule has 5 nitrogen and oxygen atoms in total. The number of benzene rings is 2. The fraction of sp³-hybridized carbons (Fsp3) is 0.190. The van der Waals surface area contributed by atoms with Gasteiger partial charge in [0.15, 0.2) is 11.9 Å². The van der Waals surface area contributed by atoms with Crippen LogP contribution >= 0.6 is 22.9 Å². The van der Waals surface area contributed by atoms with Gasteiger partial charge in [-0.25, -0.2) is 0 Å². The molecule has 1 heterocycles. The van der Waals surface area contributed by atoms with Crippen LogP contribution in [0.1, 0.15) is 29.4 Å². The molecule has 2 aromatic carbocycles. The second kappa shape index (κ2) is 8.99. The molecule has 1 amide bonds. The summed E-state index contributed by atoms with van der Waals surface area (Å²) in [4.78, 5) is 36.7. The minimum atomic E-state index is -0.967. The fourth-order valence-corrected chi connectivity index (χ4v) is 3.63. The predicted molar refractivity (Wildman–Crippen MR) is 111 cm³/mol. The minimum Gasteiger partial charge on any atom is -0.453 e. The van der Waals surface area contributed by atoms with Crippen molar-refractivity contribution in [3.63, 3.8) is 0 Å². The lowest BCUT2D eigenvalue weighted by molar-refractivity contribution is -0.153. The average Bonchev–Trinajstić information content (AvgIpc) is 3.12. The first-order valence-electron chi connectivity index (χ1n) is 8.70. The zero-order chi connectivity index (χ0) is 20.1. The summed E-state index contributed by atoms with van der Waals surface area (Å²) in [5.74, 6) is -1.21. The summed E-state index contributed by atoms with van der Waals surface area (Å²) in [5, 5.41) is 4.80. The molecule has 0 aliphatic heterocycles. The first-order valence-corrected chi connectivity index (χ1v) is 9.89. The number of halogens is 1. The summed E-state index contributed by atoms with van der Waals surface area (Å²) < 4.78 is 5.66. The predicted octanol–water partition coefficient (Wildman–Crippen LogP) is 5.09. The number of hydrogen-bond donors (Lipinski definition) is 1. The Morgan fingerprint density at radius 1 is 1.04 bits per heavy atom. The van der Waals surface area contributed by atoms with E-state index >= 15 is 0 Å². The molecule has 28 heavy (non-hydrogen) atoms. The van der Waals surface area contributed by atoms with E-state index in [1.54, 1.807) is 18.2 Å². The lowest BCUT2D eigenvalue weighted by Gasteiger charge is -2.14. The normalized spacial score (nSPS) is 11.8. The molecule has 1 atom stereocenters. The Balaban J connectivity index is 1.50. The molecule has 3 rings (SSSR count). The van der Waals surface area contributed by atoms with E-state index in [0.717, 1.165) is 10.8 Å². The monoisotopic (exact) mass is 415 g/mol. The Hall–Kier alpha value is -2.70. The Kier molecular flexibility index (Phi) is 6.44. The quantitative estimate of drug-likeness (QED) is 0.431. The van der Waals surface area contributed by atoms with Gasteiger partial charge < -0.3 is 10.1 Å². The van der Waals surface area contributed by atoms with Gasteiger partial charge in [0.2, 0.25) is 0 Å². The number of hydrogen-bond acceptors (Lipinski definition) is 5. The lowest BCUT2D eigenvalue weighted by Crippen LogP contribution is -2.30. The van der Waals surface area contributed by atoms with Crippen LogP contribution in [0.5, 0.6) is 0 Å². The van der Waals surface area contributed by atoms with Crippen molar-refractivity contribution in [3.8, 4) is 0 Å². The molecule has 144 valence electrons. The Morgan fingerprint density at radius 2 is 1.79 bits per heavy atom. The molecule has 1 N–H and O–H groups in total. The van der Waals surface area contributed by atoms with Gasteiger partial charge in [-0.15, -0.1) is 11.3 Å². The molecule has 0 aliphatic rings. The van der Waals surface area contributed by atoms with Gasteiger partial charge in [-0.3, -0.25) is 14.4 Å². The van der Waals surface area contributed by atoms with E-state index in [1.807, 2.05) is 36.4 Å². The molecule has 7 heteroatoms. The molecular weight excluding hydrogens is 398 g/mol. The number of rotatable bonds is 7. The molecule has 0 spiro atoms. The lowest BCUT2D eigenvalue weighted by atomic mass is 10.1. The van der Waals surface area contributed by atoms with Crippen LogP contribution in [-0.2, 0) is 14.3 Å². The van der Waals surface area contributed by atoms with E-state index in [1.165, 1.54) is 18.3 Å². The number of amides is 1. The largest absolute Gasteiger partial charge is 0.453 e. The molecule has 0 unspecified atom stereocenters. The molecule has 0 bridgehead atoms. The summed E-state index contributed by atoms with van der Waals surface area (Å²) in [5.41, 5.74) is 0.622. The maximum absolute atomic E-state index is 12.3. The third-order valence-electron chi connectivity index (χ3n) is 4.10. The van der Waals surface area contributed by atoms with Crippen molar-refractivity contribution in [1.82, 2.24) is 0 Å². The van der Waals surface area contributed by atoms with Crippen LogP contribution in [-0.4, -0.2) is 23.8 Å². The Morgan fingerprint density at radius 3 is 2.50 bits per heavy atom. The van der Waals surface area contributed by atoms with Crippen molar-refractivity contribution in [2.45, 2.75) is 25.9 Å². The van der Waals surface area contributed by atoms with Crippen LogP contribution in [0.3, 0.4) is 0 Å². The highest BCUT2D eigenvalue weighted by atomic mass is 35.5. The summed E-state index contributed by atoms with van der Waals surface area (Å²) in [6, 6.07) is 16.6. The standard InChI is InChI=1S/C21H18ClNO4S/c1-13(27-20(25)11-8-17(24)18-9-10-19(22)28-18)21(26)23-16-7-6-14-4-2-3-5-15(14)12-16/h2-7,9-10,12-13H,8,11H2,1H3,(H,23,26)/t13-/m1/s1. The van der Waals surface area contributed by atoms with Crippen LogP contribution in [0.25, 0.3) is 10.8 Å². The minimum absolute atomic E-state index is 0.00862. The summed E-state index contributed by atoms with van der Waals surface area (Å²) in [7, 11) is 0. The average molecular weight is 416 g/mol. The fourth-order valence-electron chi connectivity index (χ4n) is 2.62. The van der Waals surface area contributed by atoms with Crippen molar-refractivity contribution >= 4 is 57.1 Å². The summed E-state index contributed by atoms with van der Waals surface area (Å²) >= 11 is 6.97. The number of carbonyl (C=O) groups is 3. The zero-order valence-electron chi connectivity index (χ0n) is 15.1. The van der Waals surface area contributed by atoms with E-state index in [4.69, 9.17) is 16.3 Å². The van der Waals surface area contributed by atoms with E-state index in [2.05, 4.69) is 5.32 Å². The van der Waals surface area contributed by atoms with Crippen molar-refractivity contribution in [2.24, 2.45) is 0 Å². The third-order valence-corrected chi connectivity index (χ3v) is 5.37. The highest BCUT2D eigenvalue weighted by Gasteiger charge is 2.19. The Bertz CT molecular complexity index is 1030. The molecule has 0 saturated heterocycles. The maximum Gasteiger partial charge on any atom is 0.307 e. The van der Waals surface area contributed by atoms with Crippen LogP contribution in [0, 0.1) is 0 Å². The van der Waals surface area contributed by atoms with Gasteiger partial charge in [-0.2, -0.15) is 0 Å². The first-order chi connectivity index (χ1) is 13.4. The number of fused-ring (bicyclic) bond motifs is 1. The molecule has 0 radical (unpaired) electrons. The number of ether oxygens (including phenoxy) is 1. The number of carbonyl (C=O) groups excluding carboxylic acids is 3. The highest BCUT2D eigenvalue weighted by molar-refractivity contribution is 7.18. The number of esters is 1. The molecule has 1 aromatic heterocycles. The van der Waals surface area contributed by atoms with Crippen LogP contribution in [0.4, 0.5) is 5.69 Å². The molecule has 0 aliphatic carbocycles. The van der Waals surface area contributed by atoms with Gasteiger partial charge in [-0.05, 0) is 42.0 Å². The summed E-state index contributed by atoms with van der Waals surface area (Å²) in [6.07, 6.45) is -1.05. The summed E-state index contributed by atoms with van der Waals surface area (Å²) in [6.45, 7) is 1.50. The molecule has 0 saturated carbocycles. The van der Waals surface area contributed by atoms with Crippen LogP contribution in [0.2, 0.25) is 4.34 Å². The van der Waals surface area contributed by atoms with Crippen molar-refractivity contribution < 1.29 is 19.1 Å². The van der Waals surface area contributed by atoms with Crippen LogP contribution in [0.15, 0.2) is 54.6 Å². The number of nitrogens with one attached hydrogen (secondary N) is 1. The third kappa shape index (κ3) is 5.18. The Labute approximate surface area is 171 Å². The molecule has 3 aromatic rings. The van der Waals surface area contributed by atoms with Gasteiger partial charge in [0, 0.05) is 12.1 Å².